The fraction of sp³-hybridized carbons (Fsp3) is 0.308. The second kappa shape index (κ2) is 11.3. The number of benzene rings is 2. The van der Waals surface area contributed by atoms with E-state index in [2.05, 4.69) is 16.5 Å². The third-order valence-corrected chi connectivity index (χ3v) is 5.76. The highest BCUT2D eigenvalue weighted by atomic mass is 16.5. The number of carbonyl (C=O) groups excluding carboxylic acids is 1. The first-order valence-electron chi connectivity index (χ1n) is 11.3. The van der Waals surface area contributed by atoms with E-state index in [4.69, 9.17) is 14.7 Å². The average molecular weight is 459 g/mol. The number of nitrogens with one attached hydrogen (secondary N) is 1. The maximum Gasteiger partial charge on any atom is 0.411 e. The molecule has 4 rings (SSSR count). The van der Waals surface area contributed by atoms with Crippen molar-refractivity contribution in [1.82, 2.24) is 9.78 Å². The lowest BCUT2D eigenvalue weighted by Crippen LogP contribution is -2.20. The molecule has 8 heteroatoms. The highest BCUT2D eigenvalue weighted by Gasteiger charge is 2.14. The van der Waals surface area contributed by atoms with Gasteiger partial charge in [0.05, 0.1) is 23.9 Å². The molecule has 1 aliphatic heterocycles. The van der Waals surface area contributed by atoms with Crippen LogP contribution >= 0.6 is 0 Å². The maximum absolute atomic E-state index is 12.4. The summed E-state index contributed by atoms with van der Waals surface area (Å²) in [6, 6.07) is 17.8. The molecule has 1 fully saturated rings. The van der Waals surface area contributed by atoms with Gasteiger partial charge in [-0.05, 0) is 61.1 Å². The molecule has 174 valence electrons. The second-order valence-electron chi connectivity index (χ2n) is 8.22. The molecule has 3 aromatic rings. The first-order chi connectivity index (χ1) is 16.6. The number of anilines is 1. The molecule has 1 aliphatic rings. The summed E-state index contributed by atoms with van der Waals surface area (Å²) in [7, 11) is 0. The number of nitriles is 1. The molecule has 1 saturated heterocycles. The topological polar surface area (TPSA) is 106 Å². The van der Waals surface area contributed by atoms with Crippen molar-refractivity contribution in [3.8, 4) is 11.8 Å². The number of aromatic nitrogens is 2. The van der Waals surface area contributed by atoms with E-state index < -0.39 is 6.09 Å². The lowest BCUT2D eigenvalue weighted by Gasteiger charge is -2.21. The molecule has 1 N–H and O–H groups in total. The zero-order chi connectivity index (χ0) is 23.8. The first-order valence-corrected chi connectivity index (χ1v) is 11.3. The van der Waals surface area contributed by atoms with Gasteiger partial charge in [0.25, 0.3) is 0 Å². The predicted octanol–water partition coefficient (Wildman–Crippen LogP) is 4.06. The molecule has 0 radical (unpaired) electrons. The number of ether oxygens (including phenoxy) is 2. The normalized spacial score (nSPS) is 13.7. The summed E-state index contributed by atoms with van der Waals surface area (Å²) in [5.74, 6) is 0.537. The molecular formula is C26H26N4O4. The van der Waals surface area contributed by atoms with Crippen LogP contribution < -0.4 is 10.7 Å². The van der Waals surface area contributed by atoms with Crippen LogP contribution in [0.15, 0.2) is 65.6 Å². The van der Waals surface area contributed by atoms with E-state index in [1.807, 2.05) is 18.2 Å². The summed E-state index contributed by atoms with van der Waals surface area (Å²) in [6.07, 6.45) is 4.22. The lowest BCUT2D eigenvalue weighted by molar-refractivity contribution is 0.0562. The maximum atomic E-state index is 12.4. The van der Waals surface area contributed by atoms with Gasteiger partial charge in [-0.25, -0.2) is 9.48 Å². The Hall–Kier alpha value is -3.96. The Bertz CT molecular complexity index is 1240. The largest absolute Gasteiger partial charge is 0.449 e. The Morgan fingerprint density at radius 1 is 1.18 bits per heavy atom. The van der Waals surface area contributed by atoms with E-state index in [9.17, 15) is 9.59 Å². The van der Waals surface area contributed by atoms with Gasteiger partial charge in [-0.15, -0.1) is 0 Å². The lowest BCUT2D eigenvalue weighted by atomic mass is 9.97. The molecule has 8 nitrogen and oxygen atoms in total. The SMILES string of the molecule is N#Cc1cccc(-n2ccc(=O)c(Cc3cccc(NC(=O)OCCC4CCOCC4)c3)n2)c1. The van der Waals surface area contributed by atoms with E-state index in [-0.39, 0.29) is 5.43 Å². The second-order valence-corrected chi connectivity index (χ2v) is 8.22. The Morgan fingerprint density at radius 3 is 2.82 bits per heavy atom. The molecule has 2 aromatic carbocycles. The van der Waals surface area contributed by atoms with Gasteiger partial charge >= 0.3 is 6.09 Å². The van der Waals surface area contributed by atoms with Crippen LogP contribution in [0.25, 0.3) is 5.69 Å². The molecule has 0 aliphatic carbocycles. The van der Waals surface area contributed by atoms with Gasteiger partial charge < -0.3 is 9.47 Å². The molecule has 1 amide bonds. The third kappa shape index (κ3) is 6.30. The summed E-state index contributed by atoms with van der Waals surface area (Å²) < 4.78 is 12.3. The number of hydrogen-bond acceptors (Lipinski definition) is 6. The van der Waals surface area contributed by atoms with Crippen molar-refractivity contribution in [1.29, 1.82) is 5.26 Å². The van der Waals surface area contributed by atoms with E-state index in [1.165, 1.54) is 6.07 Å². The molecule has 1 aromatic heterocycles. The van der Waals surface area contributed by atoms with Crippen LogP contribution in [0, 0.1) is 17.2 Å². The van der Waals surface area contributed by atoms with Gasteiger partial charge in [0.15, 0.2) is 0 Å². The van der Waals surface area contributed by atoms with Crippen LogP contribution in [-0.4, -0.2) is 35.7 Å². The Kier molecular flexibility index (Phi) is 7.68. The molecule has 0 spiro atoms. The average Bonchev–Trinajstić information content (AvgIpc) is 2.86. The van der Waals surface area contributed by atoms with Crippen LogP contribution in [0.2, 0.25) is 0 Å². The van der Waals surface area contributed by atoms with Crippen molar-refractivity contribution < 1.29 is 14.3 Å². The van der Waals surface area contributed by atoms with E-state index in [0.29, 0.717) is 41.6 Å². The van der Waals surface area contributed by atoms with Crippen LogP contribution in [-0.2, 0) is 15.9 Å². The summed E-state index contributed by atoms with van der Waals surface area (Å²) >= 11 is 0. The van der Waals surface area contributed by atoms with Crippen molar-refractivity contribution in [3.05, 3.63) is 87.8 Å². The molecule has 2 heterocycles. The molecule has 0 bridgehead atoms. The standard InChI is InChI=1S/C26H26N4O4/c27-18-21-4-2-6-23(16-21)30-11-7-25(31)24(29-30)17-20-3-1-5-22(15-20)28-26(32)34-14-10-19-8-12-33-13-9-19/h1-7,11,15-16,19H,8-10,12-14,17H2,(H,28,32). The van der Waals surface area contributed by atoms with E-state index in [1.54, 1.807) is 41.2 Å². The minimum absolute atomic E-state index is 0.182. The van der Waals surface area contributed by atoms with Crippen LogP contribution in [0.4, 0.5) is 10.5 Å². The van der Waals surface area contributed by atoms with Crippen molar-refractivity contribution in [2.45, 2.75) is 25.7 Å². The van der Waals surface area contributed by atoms with E-state index in [0.717, 1.165) is 38.0 Å². The van der Waals surface area contributed by atoms with Gasteiger partial charge in [-0.3, -0.25) is 10.1 Å². The smallest absolute Gasteiger partial charge is 0.411 e. The monoisotopic (exact) mass is 458 g/mol. The van der Waals surface area contributed by atoms with Crippen molar-refractivity contribution in [3.63, 3.8) is 0 Å². The first kappa shape index (κ1) is 23.2. The molecule has 34 heavy (non-hydrogen) atoms. The Balaban J connectivity index is 1.38. The fourth-order valence-electron chi connectivity index (χ4n) is 3.89. The number of hydrogen-bond donors (Lipinski definition) is 1. The predicted molar refractivity (Wildman–Crippen MR) is 127 cm³/mol. The summed E-state index contributed by atoms with van der Waals surface area (Å²) in [4.78, 5) is 24.6. The zero-order valence-corrected chi connectivity index (χ0v) is 18.8. The van der Waals surface area contributed by atoms with Crippen LogP contribution in [0.5, 0.6) is 0 Å². The number of carbonyl (C=O) groups is 1. The van der Waals surface area contributed by atoms with Gasteiger partial charge in [0, 0.05) is 37.6 Å². The molecule has 0 atom stereocenters. The van der Waals surface area contributed by atoms with Crippen molar-refractivity contribution in [2.24, 2.45) is 5.92 Å². The minimum atomic E-state index is -0.498. The number of amides is 1. The third-order valence-electron chi connectivity index (χ3n) is 5.76. The number of rotatable bonds is 7. The molecular weight excluding hydrogens is 432 g/mol. The zero-order valence-electron chi connectivity index (χ0n) is 18.8. The van der Waals surface area contributed by atoms with Crippen LogP contribution in [0.1, 0.15) is 36.1 Å². The van der Waals surface area contributed by atoms with Gasteiger partial charge in [0.2, 0.25) is 5.43 Å². The van der Waals surface area contributed by atoms with E-state index >= 15 is 0 Å². The highest BCUT2D eigenvalue weighted by Crippen LogP contribution is 2.19. The van der Waals surface area contributed by atoms with Gasteiger partial charge in [-0.1, -0.05) is 18.2 Å². The van der Waals surface area contributed by atoms with Crippen molar-refractivity contribution >= 4 is 11.8 Å². The summed E-state index contributed by atoms with van der Waals surface area (Å²) in [5, 5.41) is 16.3. The Morgan fingerprint density at radius 2 is 2.00 bits per heavy atom. The quantitative estimate of drug-likeness (QED) is 0.572. The highest BCUT2D eigenvalue weighted by molar-refractivity contribution is 5.84. The minimum Gasteiger partial charge on any atom is -0.449 e. The van der Waals surface area contributed by atoms with Crippen molar-refractivity contribution in [2.75, 3.05) is 25.1 Å². The Labute approximate surface area is 197 Å². The summed E-state index contributed by atoms with van der Waals surface area (Å²) in [6.45, 7) is 1.92. The number of nitrogens with zero attached hydrogens (tertiary/aromatic N) is 3. The molecule has 0 saturated carbocycles. The van der Waals surface area contributed by atoms with Gasteiger partial charge in [0.1, 0.15) is 5.69 Å². The fourth-order valence-corrected chi connectivity index (χ4v) is 3.89. The summed E-state index contributed by atoms with van der Waals surface area (Å²) in [5.41, 5.74) is 2.80. The van der Waals surface area contributed by atoms with Crippen LogP contribution in [0.3, 0.4) is 0 Å². The molecule has 0 unspecified atom stereocenters. The van der Waals surface area contributed by atoms with Gasteiger partial charge in [-0.2, -0.15) is 10.4 Å².